The first-order valence-corrected chi connectivity index (χ1v) is 8.30. The van der Waals surface area contributed by atoms with Gasteiger partial charge in [-0.3, -0.25) is 0 Å². The lowest BCUT2D eigenvalue weighted by Gasteiger charge is -2.21. The average Bonchev–Trinajstić information content (AvgIpc) is 2.45. The Labute approximate surface area is 116 Å². The maximum absolute atomic E-state index is 5.41. The first-order chi connectivity index (χ1) is 8.81. The monoisotopic (exact) mass is 285 g/mol. The standard InChI is InChI=1S/C11H19N5S2/c1-2-9-14-10(5-11(15-9)16-12)13-6-8-7-17-3-4-18-8/h5,8H,2-4,6-7,12H2,1H3,(H2,13,14,15,16). The van der Waals surface area contributed by atoms with Crippen molar-refractivity contribution in [2.45, 2.75) is 18.6 Å². The summed E-state index contributed by atoms with van der Waals surface area (Å²) in [7, 11) is 0. The zero-order valence-electron chi connectivity index (χ0n) is 10.5. The van der Waals surface area contributed by atoms with Crippen molar-refractivity contribution in [3.05, 3.63) is 11.9 Å². The largest absolute Gasteiger partial charge is 0.369 e. The van der Waals surface area contributed by atoms with E-state index < -0.39 is 0 Å². The molecule has 0 bridgehead atoms. The van der Waals surface area contributed by atoms with E-state index in [1.807, 2.05) is 36.5 Å². The van der Waals surface area contributed by atoms with Gasteiger partial charge in [0.2, 0.25) is 0 Å². The Bertz CT molecular complexity index is 359. The number of nitrogens with one attached hydrogen (secondary N) is 2. The summed E-state index contributed by atoms with van der Waals surface area (Å²) in [5.74, 6) is 11.5. The third kappa shape index (κ3) is 3.93. The highest BCUT2D eigenvalue weighted by Gasteiger charge is 2.14. The molecule has 0 radical (unpaired) electrons. The number of rotatable bonds is 5. The molecule has 1 atom stereocenters. The molecule has 1 aromatic heterocycles. The first kappa shape index (κ1) is 13.8. The minimum absolute atomic E-state index is 0.662. The number of hydrogen-bond acceptors (Lipinski definition) is 7. The van der Waals surface area contributed by atoms with E-state index in [-0.39, 0.29) is 0 Å². The minimum Gasteiger partial charge on any atom is -0.369 e. The fourth-order valence-corrected chi connectivity index (χ4v) is 4.30. The van der Waals surface area contributed by atoms with Gasteiger partial charge in [0.25, 0.3) is 0 Å². The third-order valence-electron chi connectivity index (χ3n) is 2.63. The van der Waals surface area contributed by atoms with Gasteiger partial charge in [0, 0.05) is 41.5 Å². The number of hydrogen-bond donors (Lipinski definition) is 3. The second kappa shape index (κ2) is 7.06. The molecular weight excluding hydrogens is 266 g/mol. The first-order valence-electron chi connectivity index (χ1n) is 6.09. The highest BCUT2D eigenvalue weighted by molar-refractivity contribution is 8.06. The highest BCUT2D eigenvalue weighted by atomic mass is 32.2. The van der Waals surface area contributed by atoms with Crippen LogP contribution in [0.25, 0.3) is 0 Å². The molecule has 1 unspecified atom stereocenters. The van der Waals surface area contributed by atoms with Gasteiger partial charge in [-0.05, 0) is 0 Å². The van der Waals surface area contributed by atoms with E-state index in [1.165, 1.54) is 17.3 Å². The van der Waals surface area contributed by atoms with Crippen molar-refractivity contribution in [1.82, 2.24) is 9.97 Å². The van der Waals surface area contributed by atoms with Crippen molar-refractivity contribution >= 4 is 35.2 Å². The lowest BCUT2D eigenvalue weighted by Crippen LogP contribution is -2.24. The molecular formula is C11H19N5S2. The van der Waals surface area contributed by atoms with E-state index in [0.29, 0.717) is 11.1 Å². The van der Waals surface area contributed by atoms with Gasteiger partial charge in [0.05, 0.1) is 0 Å². The smallest absolute Gasteiger partial charge is 0.145 e. The van der Waals surface area contributed by atoms with Crippen molar-refractivity contribution in [1.29, 1.82) is 0 Å². The third-order valence-corrected chi connectivity index (χ3v) is 5.48. The molecule has 7 heteroatoms. The zero-order valence-corrected chi connectivity index (χ0v) is 12.1. The average molecular weight is 285 g/mol. The molecule has 4 N–H and O–H groups in total. The summed E-state index contributed by atoms with van der Waals surface area (Å²) in [6, 6.07) is 1.85. The number of aromatic nitrogens is 2. The number of hydrazine groups is 1. The van der Waals surface area contributed by atoms with Gasteiger partial charge < -0.3 is 10.7 Å². The lowest BCUT2D eigenvalue weighted by molar-refractivity contribution is 0.922. The van der Waals surface area contributed by atoms with Crippen LogP contribution in [0.2, 0.25) is 0 Å². The second-order valence-corrected chi connectivity index (χ2v) is 6.56. The fourth-order valence-electron chi connectivity index (χ4n) is 1.69. The van der Waals surface area contributed by atoms with Crippen molar-refractivity contribution in [3.63, 3.8) is 0 Å². The molecule has 0 aromatic carbocycles. The van der Waals surface area contributed by atoms with E-state index >= 15 is 0 Å². The molecule has 1 fully saturated rings. The molecule has 0 spiro atoms. The molecule has 1 aliphatic rings. The maximum Gasteiger partial charge on any atom is 0.145 e. The summed E-state index contributed by atoms with van der Waals surface area (Å²) in [5.41, 5.74) is 2.58. The van der Waals surface area contributed by atoms with Gasteiger partial charge in [-0.25, -0.2) is 15.8 Å². The van der Waals surface area contributed by atoms with Crippen LogP contribution in [0.5, 0.6) is 0 Å². The van der Waals surface area contributed by atoms with E-state index in [4.69, 9.17) is 5.84 Å². The summed E-state index contributed by atoms with van der Waals surface area (Å²) in [5, 5.41) is 4.05. The number of nitrogens with two attached hydrogens (primary N) is 1. The molecule has 0 amide bonds. The van der Waals surface area contributed by atoms with Gasteiger partial charge in [-0.2, -0.15) is 23.5 Å². The van der Waals surface area contributed by atoms with Crippen molar-refractivity contribution in [2.75, 3.05) is 34.5 Å². The van der Waals surface area contributed by atoms with Crippen LogP contribution in [0.3, 0.4) is 0 Å². The normalized spacial score (nSPS) is 19.6. The molecule has 100 valence electrons. The highest BCUT2D eigenvalue weighted by Crippen LogP contribution is 2.24. The minimum atomic E-state index is 0.662. The molecule has 18 heavy (non-hydrogen) atoms. The van der Waals surface area contributed by atoms with Crippen molar-refractivity contribution in [3.8, 4) is 0 Å². The van der Waals surface area contributed by atoms with Crippen LogP contribution >= 0.6 is 23.5 Å². The Morgan fingerprint density at radius 2 is 2.22 bits per heavy atom. The number of nitrogens with zero attached hydrogens (tertiary/aromatic N) is 2. The van der Waals surface area contributed by atoms with E-state index in [9.17, 15) is 0 Å². The van der Waals surface area contributed by atoms with E-state index in [0.717, 1.165) is 24.6 Å². The SMILES string of the molecule is CCc1nc(NN)cc(NCC2CSCCS2)n1. The van der Waals surface area contributed by atoms with Crippen LogP contribution in [-0.4, -0.2) is 39.0 Å². The number of aryl methyl sites for hydroxylation is 1. The van der Waals surface area contributed by atoms with Crippen LogP contribution in [0.4, 0.5) is 11.6 Å². The van der Waals surface area contributed by atoms with Crippen LogP contribution in [0.15, 0.2) is 6.07 Å². The topological polar surface area (TPSA) is 75.9 Å². The van der Waals surface area contributed by atoms with Gasteiger partial charge >= 0.3 is 0 Å². The van der Waals surface area contributed by atoms with Gasteiger partial charge in [-0.1, -0.05) is 6.92 Å². The van der Waals surface area contributed by atoms with Crippen LogP contribution in [-0.2, 0) is 6.42 Å². The van der Waals surface area contributed by atoms with Crippen molar-refractivity contribution in [2.24, 2.45) is 5.84 Å². The summed E-state index contributed by atoms with van der Waals surface area (Å²) in [6.45, 7) is 2.98. The van der Waals surface area contributed by atoms with E-state index in [2.05, 4.69) is 20.7 Å². The Hall–Kier alpha value is -0.660. The quantitative estimate of drug-likeness (QED) is 0.560. The summed E-state index contributed by atoms with van der Waals surface area (Å²) in [6.07, 6.45) is 0.804. The molecule has 1 saturated heterocycles. The molecule has 1 aromatic rings. The Balaban J connectivity index is 1.94. The Kier molecular flexibility index (Phi) is 5.40. The van der Waals surface area contributed by atoms with Gasteiger partial charge in [-0.15, -0.1) is 0 Å². The van der Waals surface area contributed by atoms with Crippen molar-refractivity contribution < 1.29 is 0 Å². The van der Waals surface area contributed by atoms with Crippen LogP contribution in [0.1, 0.15) is 12.7 Å². The predicted octanol–water partition coefficient (Wildman–Crippen LogP) is 1.59. The maximum atomic E-state index is 5.41. The Morgan fingerprint density at radius 1 is 1.39 bits per heavy atom. The Morgan fingerprint density at radius 3 is 2.89 bits per heavy atom. The second-order valence-electron chi connectivity index (χ2n) is 4.00. The molecule has 2 heterocycles. The number of thioether (sulfide) groups is 2. The van der Waals surface area contributed by atoms with Crippen LogP contribution in [0, 0.1) is 0 Å². The molecule has 0 saturated carbocycles. The summed E-state index contributed by atoms with van der Waals surface area (Å²) >= 11 is 4.06. The molecule has 2 rings (SSSR count). The molecule has 1 aliphatic heterocycles. The zero-order chi connectivity index (χ0) is 12.8. The number of anilines is 2. The predicted molar refractivity (Wildman–Crippen MR) is 81.3 cm³/mol. The van der Waals surface area contributed by atoms with E-state index in [1.54, 1.807) is 0 Å². The molecule has 0 aliphatic carbocycles. The molecule has 5 nitrogen and oxygen atoms in total. The lowest BCUT2D eigenvalue weighted by atomic mass is 10.4. The number of nitrogen functional groups attached to an aromatic ring is 1. The fraction of sp³-hybridized carbons (Fsp3) is 0.636. The van der Waals surface area contributed by atoms with Gasteiger partial charge in [0.15, 0.2) is 0 Å². The van der Waals surface area contributed by atoms with Crippen LogP contribution < -0.4 is 16.6 Å². The van der Waals surface area contributed by atoms with Gasteiger partial charge in [0.1, 0.15) is 17.5 Å². The summed E-state index contributed by atoms with van der Waals surface area (Å²) in [4.78, 5) is 8.72. The summed E-state index contributed by atoms with van der Waals surface area (Å²) < 4.78 is 0.